The Hall–Kier alpha value is -0.610. The summed E-state index contributed by atoms with van der Waals surface area (Å²) in [5.74, 6) is -1.20. The van der Waals surface area contributed by atoms with E-state index in [0.717, 1.165) is 0 Å². The van der Waals surface area contributed by atoms with E-state index in [1.165, 1.54) is 0 Å². The molecule has 0 heterocycles. The first-order chi connectivity index (χ1) is 8.16. The Labute approximate surface area is 129 Å². The van der Waals surface area contributed by atoms with E-state index in [4.69, 9.17) is 5.73 Å². The van der Waals surface area contributed by atoms with Gasteiger partial charge in [-0.3, -0.25) is 0 Å². The second-order valence-corrected chi connectivity index (χ2v) is 4.68. The third-order valence-corrected chi connectivity index (χ3v) is 3.09. The molecule has 10 heteroatoms. The topological polar surface area (TPSA) is 86.5 Å². The van der Waals surface area contributed by atoms with Crippen molar-refractivity contribution in [3.8, 4) is 0 Å². The Morgan fingerprint density at radius 2 is 1.68 bits per heavy atom. The van der Waals surface area contributed by atoms with E-state index >= 15 is 0 Å². The Kier molecular flexibility index (Phi) is 6.49. The molecule has 0 fully saturated rings. The van der Waals surface area contributed by atoms with E-state index < -0.39 is 39.3 Å². The van der Waals surface area contributed by atoms with Crippen molar-refractivity contribution in [2.24, 2.45) is 5.73 Å². The molecule has 0 bridgehead atoms. The van der Waals surface area contributed by atoms with Gasteiger partial charge in [0.1, 0.15) is 4.90 Å². The van der Waals surface area contributed by atoms with Crippen molar-refractivity contribution in [1.29, 1.82) is 0 Å². The second-order valence-electron chi connectivity index (χ2n) is 3.14. The molecule has 0 saturated heterocycles. The number of halogens is 3. The molecule has 1 aromatic carbocycles. The first kappa shape index (κ1) is 18.4. The molecule has 0 amide bonds. The van der Waals surface area contributed by atoms with Crippen molar-refractivity contribution in [2.75, 3.05) is 6.54 Å². The van der Waals surface area contributed by atoms with Crippen LogP contribution in [0, 0.1) is 0 Å². The Balaban J connectivity index is 0.00000324. The van der Waals surface area contributed by atoms with E-state index in [2.05, 4.69) is 4.18 Å². The molecule has 102 valence electrons. The molecule has 1 rings (SSSR count). The van der Waals surface area contributed by atoms with Crippen LogP contribution in [0.2, 0.25) is 0 Å². The van der Waals surface area contributed by atoms with Gasteiger partial charge in [0.15, 0.2) is 0 Å². The molecular formula is C9H9F3NNaO4S. The van der Waals surface area contributed by atoms with E-state index in [1.807, 2.05) is 0 Å². The molecule has 0 spiro atoms. The summed E-state index contributed by atoms with van der Waals surface area (Å²) in [6.45, 7) is -0.653. The molecule has 5 nitrogen and oxygen atoms in total. The van der Waals surface area contributed by atoms with Crippen molar-refractivity contribution < 1.29 is 30.6 Å². The van der Waals surface area contributed by atoms with Crippen molar-refractivity contribution in [3.63, 3.8) is 0 Å². The normalized spacial score (nSPS) is 11.6. The van der Waals surface area contributed by atoms with Gasteiger partial charge in [-0.2, -0.15) is 21.6 Å². The molecule has 0 aliphatic heterocycles. The van der Waals surface area contributed by atoms with Crippen molar-refractivity contribution >= 4 is 45.6 Å². The predicted octanol–water partition coefficient (Wildman–Crippen LogP) is 0.247. The van der Waals surface area contributed by atoms with Crippen LogP contribution in [0.3, 0.4) is 0 Å². The van der Waals surface area contributed by atoms with Crippen LogP contribution in [0.15, 0.2) is 29.2 Å². The van der Waals surface area contributed by atoms with E-state index in [0.29, 0.717) is 24.3 Å². The number of carbonyl (C=O) groups is 1. The van der Waals surface area contributed by atoms with E-state index in [1.54, 1.807) is 0 Å². The molecule has 0 saturated carbocycles. The third-order valence-electron chi connectivity index (χ3n) is 1.84. The van der Waals surface area contributed by atoms with Crippen LogP contribution in [0.4, 0.5) is 13.2 Å². The van der Waals surface area contributed by atoms with Crippen LogP contribution in [-0.4, -0.2) is 50.5 Å². The summed E-state index contributed by atoms with van der Waals surface area (Å²) in [7, 11) is -4.43. The van der Waals surface area contributed by atoms with Crippen LogP contribution in [-0.2, 0) is 25.3 Å². The van der Waals surface area contributed by atoms with Gasteiger partial charge in [0.05, 0.1) is 12.1 Å². The Morgan fingerprint density at radius 1 is 1.21 bits per heavy atom. The fourth-order valence-corrected chi connectivity index (χ4v) is 1.89. The third kappa shape index (κ3) is 5.11. The average Bonchev–Trinajstić information content (AvgIpc) is 2.27. The second kappa shape index (κ2) is 6.71. The first-order valence-corrected chi connectivity index (χ1v) is 5.92. The first-order valence-electron chi connectivity index (χ1n) is 4.51. The number of nitrogens with two attached hydrogens (primary N) is 1. The van der Waals surface area contributed by atoms with E-state index in [-0.39, 0.29) is 29.6 Å². The van der Waals surface area contributed by atoms with Gasteiger partial charge >= 0.3 is 51.8 Å². The number of hydrogen-bond donors (Lipinski definition) is 1. The van der Waals surface area contributed by atoms with Crippen molar-refractivity contribution in [2.45, 2.75) is 11.1 Å². The number of benzene rings is 1. The van der Waals surface area contributed by atoms with Crippen LogP contribution in [0.1, 0.15) is 5.56 Å². The molecule has 0 aliphatic carbocycles. The van der Waals surface area contributed by atoms with Gasteiger partial charge in [-0.1, -0.05) is 0 Å². The summed E-state index contributed by atoms with van der Waals surface area (Å²) in [6.07, 6.45) is -4.57. The molecular weight excluding hydrogens is 298 g/mol. The standard InChI is InChI=1S/C9H8F3NO4S.Na.H/c10-9(11,12)6-1-3-7(4-2-6)18(15,16)17-8(14)5-13;;/h1-4H,5,13H2;;. The molecule has 2 N–H and O–H groups in total. The summed E-state index contributed by atoms with van der Waals surface area (Å²) in [6, 6.07) is 2.54. The fraction of sp³-hybridized carbons (Fsp3) is 0.222. The molecule has 1 aromatic rings. The number of carbonyl (C=O) groups excluding carboxylic acids is 1. The van der Waals surface area contributed by atoms with Crippen molar-refractivity contribution in [3.05, 3.63) is 29.8 Å². The molecule has 19 heavy (non-hydrogen) atoms. The molecule has 0 aliphatic rings. The zero-order chi connectivity index (χ0) is 14.0. The number of alkyl halides is 3. The summed E-state index contributed by atoms with van der Waals surface area (Å²) >= 11 is 0. The van der Waals surface area contributed by atoms with Gasteiger partial charge in [-0.25, -0.2) is 4.79 Å². The van der Waals surface area contributed by atoms with Crippen LogP contribution < -0.4 is 5.73 Å². The minimum atomic E-state index is -4.57. The zero-order valence-electron chi connectivity index (χ0n) is 8.77. The Morgan fingerprint density at radius 3 is 2.05 bits per heavy atom. The summed E-state index contributed by atoms with van der Waals surface area (Å²) < 4.78 is 63.5. The number of rotatable bonds is 3. The average molecular weight is 307 g/mol. The summed E-state index contributed by atoms with van der Waals surface area (Å²) in [4.78, 5) is 10.2. The maximum atomic E-state index is 12.2. The van der Waals surface area contributed by atoms with Crippen LogP contribution in [0.5, 0.6) is 0 Å². The predicted molar refractivity (Wildman–Crippen MR) is 60.9 cm³/mol. The molecule has 0 unspecified atom stereocenters. The summed E-state index contributed by atoms with van der Waals surface area (Å²) in [5.41, 5.74) is 3.84. The van der Waals surface area contributed by atoms with Gasteiger partial charge in [-0.15, -0.1) is 0 Å². The zero-order valence-corrected chi connectivity index (χ0v) is 9.59. The van der Waals surface area contributed by atoms with Crippen LogP contribution in [0.25, 0.3) is 0 Å². The Bertz CT molecular complexity index is 542. The molecule has 0 aromatic heterocycles. The summed E-state index contributed by atoms with van der Waals surface area (Å²) in [5, 5.41) is 0. The van der Waals surface area contributed by atoms with Crippen molar-refractivity contribution in [1.82, 2.24) is 0 Å². The van der Waals surface area contributed by atoms with Crippen LogP contribution >= 0.6 is 0 Å². The quantitative estimate of drug-likeness (QED) is 0.639. The van der Waals surface area contributed by atoms with Gasteiger partial charge in [0, 0.05) is 0 Å². The molecule has 0 radical (unpaired) electrons. The molecule has 0 atom stereocenters. The fourth-order valence-electron chi connectivity index (χ4n) is 1.02. The van der Waals surface area contributed by atoms with Gasteiger partial charge in [0.25, 0.3) is 0 Å². The van der Waals surface area contributed by atoms with Gasteiger partial charge in [-0.05, 0) is 24.3 Å². The van der Waals surface area contributed by atoms with E-state index in [9.17, 15) is 26.4 Å². The minimum absolute atomic E-state index is 0. The number of hydrogen-bond acceptors (Lipinski definition) is 5. The SMILES string of the molecule is NCC(=O)OS(=O)(=O)c1ccc(C(F)(F)F)cc1.[NaH]. The van der Waals surface area contributed by atoms with Gasteiger partial charge < -0.3 is 9.92 Å². The maximum absolute atomic E-state index is 12.2. The monoisotopic (exact) mass is 307 g/mol. The van der Waals surface area contributed by atoms with Gasteiger partial charge in [0.2, 0.25) is 0 Å².